The molecule has 0 radical (unpaired) electrons. The molecule has 0 aliphatic carbocycles. The first-order valence-corrected chi connectivity index (χ1v) is 5.06. The number of guanidine groups is 1. The third kappa shape index (κ3) is 2.18. The quantitative estimate of drug-likeness (QED) is 0.724. The molecule has 4 nitrogen and oxygen atoms in total. The van der Waals surface area contributed by atoms with Gasteiger partial charge in [0.2, 0.25) is 0 Å². The highest BCUT2D eigenvalue weighted by molar-refractivity contribution is 5.81. The van der Waals surface area contributed by atoms with Crippen molar-refractivity contribution in [3.8, 4) is 0 Å². The first kappa shape index (κ1) is 11.3. The molecule has 0 aromatic rings. The molecule has 14 heavy (non-hydrogen) atoms. The molecule has 2 N–H and O–H groups in total. The van der Waals surface area contributed by atoms with Crippen LogP contribution in [0.15, 0.2) is 4.99 Å². The SMILES string of the molecule is COCC1(C)CN=C(N)N1CC(C)C. The van der Waals surface area contributed by atoms with Gasteiger partial charge in [-0.15, -0.1) is 0 Å². The van der Waals surface area contributed by atoms with Crippen molar-refractivity contribution in [1.29, 1.82) is 0 Å². The monoisotopic (exact) mass is 199 g/mol. The molecule has 0 amide bonds. The minimum absolute atomic E-state index is 0.0525. The average Bonchev–Trinajstić information content (AvgIpc) is 2.33. The van der Waals surface area contributed by atoms with Gasteiger partial charge in [-0.1, -0.05) is 13.8 Å². The zero-order chi connectivity index (χ0) is 10.8. The lowest BCUT2D eigenvalue weighted by Crippen LogP contribution is -2.53. The van der Waals surface area contributed by atoms with E-state index in [0.29, 0.717) is 18.5 Å². The number of aliphatic imine (C=N–C) groups is 1. The van der Waals surface area contributed by atoms with E-state index in [9.17, 15) is 0 Å². The normalized spacial score (nSPS) is 27.2. The molecule has 1 unspecified atom stereocenters. The molecule has 0 saturated carbocycles. The van der Waals surface area contributed by atoms with Crippen LogP contribution in [-0.4, -0.2) is 43.2 Å². The van der Waals surface area contributed by atoms with E-state index in [-0.39, 0.29) is 5.54 Å². The topological polar surface area (TPSA) is 50.9 Å². The fourth-order valence-electron chi connectivity index (χ4n) is 1.81. The summed E-state index contributed by atoms with van der Waals surface area (Å²) in [6.45, 7) is 8.85. The van der Waals surface area contributed by atoms with Gasteiger partial charge in [0.1, 0.15) is 0 Å². The second-order valence-electron chi connectivity index (χ2n) is 4.61. The van der Waals surface area contributed by atoms with Crippen molar-refractivity contribution in [3.63, 3.8) is 0 Å². The van der Waals surface area contributed by atoms with E-state index < -0.39 is 0 Å². The van der Waals surface area contributed by atoms with E-state index in [2.05, 4.69) is 30.7 Å². The van der Waals surface area contributed by atoms with Crippen LogP contribution in [0.2, 0.25) is 0 Å². The van der Waals surface area contributed by atoms with E-state index in [1.165, 1.54) is 0 Å². The fraction of sp³-hybridized carbons (Fsp3) is 0.900. The molecule has 1 atom stereocenters. The Morgan fingerprint density at radius 3 is 2.79 bits per heavy atom. The molecule has 0 spiro atoms. The Labute approximate surface area is 86.1 Å². The summed E-state index contributed by atoms with van der Waals surface area (Å²) in [5, 5.41) is 0. The third-order valence-corrected chi connectivity index (χ3v) is 2.51. The van der Waals surface area contributed by atoms with Gasteiger partial charge in [-0.3, -0.25) is 4.99 Å². The predicted molar refractivity (Wildman–Crippen MR) is 58.3 cm³/mol. The van der Waals surface area contributed by atoms with Crippen LogP contribution < -0.4 is 5.73 Å². The molecular formula is C10H21N3O. The molecule has 0 fully saturated rings. The maximum absolute atomic E-state index is 5.85. The van der Waals surface area contributed by atoms with Crippen molar-refractivity contribution in [2.75, 3.05) is 26.8 Å². The lowest BCUT2D eigenvalue weighted by atomic mass is 10.0. The van der Waals surface area contributed by atoms with Crippen LogP contribution in [0.4, 0.5) is 0 Å². The van der Waals surface area contributed by atoms with Gasteiger partial charge in [0.05, 0.1) is 18.7 Å². The zero-order valence-electron chi connectivity index (χ0n) is 9.58. The highest BCUT2D eigenvalue weighted by Crippen LogP contribution is 2.22. The van der Waals surface area contributed by atoms with E-state index in [1.54, 1.807) is 7.11 Å². The molecule has 4 heteroatoms. The Kier molecular flexibility index (Phi) is 3.37. The molecule has 0 aromatic heterocycles. The van der Waals surface area contributed by atoms with E-state index >= 15 is 0 Å². The fourth-order valence-corrected chi connectivity index (χ4v) is 1.81. The highest BCUT2D eigenvalue weighted by atomic mass is 16.5. The maximum atomic E-state index is 5.85. The number of methoxy groups -OCH3 is 1. The summed E-state index contributed by atoms with van der Waals surface area (Å²) in [5.41, 5.74) is 5.80. The van der Waals surface area contributed by atoms with Crippen molar-refractivity contribution in [2.24, 2.45) is 16.6 Å². The van der Waals surface area contributed by atoms with Gasteiger partial charge in [0, 0.05) is 13.7 Å². The minimum Gasteiger partial charge on any atom is -0.382 e. The van der Waals surface area contributed by atoms with Crippen LogP contribution in [-0.2, 0) is 4.74 Å². The molecule has 0 bridgehead atoms. The van der Waals surface area contributed by atoms with Gasteiger partial charge < -0.3 is 15.4 Å². The summed E-state index contributed by atoms with van der Waals surface area (Å²) in [5.74, 6) is 1.23. The summed E-state index contributed by atoms with van der Waals surface area (Å²) in [7, 11) is 1.72. The first-order valence-electron chi connectivity index (χ1n) is 5.06. The Bertz CT molecular complexity index is 227. The maximum Gasteiger partial charge on any atom is 0.191 e. The standard InChI is InChI=1S/C10H21N3O/c1-8(2)5-13-9(11)12-6-10(13,3)7-14-4/h8H,5-7H2,1-4H3,(H2,11,12). The van der Waals surface area contributed by atoms with Crippen molar-refractivity contribution >= 4 is 5.96 Å². The second kappa shape index (κ2) is 4.17. The number of hydrogen-bond donors (Lipinski definition) is 1. The number of nitrogens with two attached hydrogens (primary N) is 1. The molecule has 0 aromatic carbocycles. The third-order valence-electron chi connectivity index (χ3n) is 2.51. The van der Waals surface area contributed by atoms with Crippen molar-refractivity contribution in [2.45, 2.75) is 26.3 Å². The lowest BCUT2D eigenvalue weighted by Gasteiger charge is -2.36. The van der Waals surface area contributed by atoms with Gasteiger partial charge in [-0.25, -0.2) is 0 Å². The van der Waals surface area contributed by atoms with Gasteiger partial charge >= 0.3 is 0 Å². The lowest BCUT2D eigenvalue weighted by molar-refractivity contribution is 0.0734. The molecule has 1 aliphatic heterocycles. The van der Waals surface area contributed by atoms with Crippen LogP contribution >= 0.6 is 0 Å². The summed E-state index contributed by atoms with van der Waals surface area (Å²) in [4.78, 5) is 6.44. The van der Waals surface area contributed by atoms with Gasteiger partial charge in [0.15, 0.2) is 5.96 Å². The van der Waals surface area contributed by atoms with Gasteiger partial charge in [-0.2, -0.15) is 0 Å². The predicted octanol–water partition coefficient (Wildman–Crippen LogP) is 0.678. The van der Waals surface area contributed by atoms with E-state index in [0.717, 1.165) is 13.1 Å². The number of ether oxygens (including phenoxy) is 1. The second-order valence-corrected chi connectivity index (χ2v) is 4.61. The summed E-state index contributed by atoms with van der Waals surface area (Å²) in [6, 6.07) is 0. The van der Waals surface area contributed by atoms with Crippen molar-refractivity contribution < 1.29 is 4.74 Å². The average molecular weight is 199 g/mol. The Hall–Kier alpha value is -0.770. The van der Waals surface area contributed by atoms with Crippen LogP contribution in [0.5, 0.6) is 0 Å². The molecule has 82 valence electrons. The molecule has 1 rings (SSSR count). The van der Waals surface area contributed by atoms with E-state index in [4.69, 9.17) is 10.5 Å². The van der Waals surface area contributed by atoms with Gasteiger partial charge in [0.25, 0.3) is 0 Å². The molecular weight excluding hydrogens is 178 g/mol. The summed E-state index contributed by atoms with van der Waals surface area (Å²) < 4.78 is 5.22. The molecule has 0 saturated heterocycles. The van der Waals surface area contributed by atoms with E-state index in [1.807, 2.05) is 0 Å². The van der Waals surface area contributed by atoms with Crippen molar-refractivity contribution in [3.05, 3.63) is 0 Å². The largest absolute Gasteiger partial charge is 0.382 e. The minimum atomic E-state index is -0.0525. The molecule has 1 heterocycles. The Balaban J connectivity index is 2.70. The van der Waals surface area contributed by atoms with Crippen LogP contribution in [0, 0.1) is 5.92 Å². The van der Waals surface area contributed by atoms with Crippen LogP contribution in [0.25, 0.3) is 0 Å². The highest BCUT2D eigenvalue weighted by Gasteiger charge is 2.37. The number of rotatable bonds is 4. The smallest absolute Gasteiger partial charge is 0.191 e. The summed E-state index contributed by atoms with van der Waals surface area (Å²) >= 11 is 0. The zero-order valence-corrected chi connectivity index (χ0v) is 9.58. The number of nitrogens with zero attached hydrogens (tertiary/aromatic N) is 2. The summed E-state index contributed by atoms with van der Waals surface area (Å²) in [6.07, 6.45) is 0. The van der Waals surface area contributed by atoms with Crippen molar-refractivity contribution in [1.82, 2.24) is 4.90 Å². The van der Waals surface area contributed by atoms with Gasteiger partial charge in [-0.05, 0) is 12.8 Å². The Morgan fingerprint density at radius 2 is 2.29 bits per heavy atom. The number of hydrogen-bond acceptors (Lipinski definition) is 4. The van der Waals surface area contributed by atoms with Crippen LogP contribution in [0.1, 0.15) is 20.8 Å². The first-order chi connectivity index (χ1) is 6.49. The molecule has 1 aliphatic rings. The van der Waals surface area contributed by atoms with Crippen LogP contribution in [0.3, 0.4) is 0 Å². The Morgan fingerprint density at radius 1 is 1.64 bits per heavy atom.